The lowest BCUT2D eigenvalue weighted by molar-refractivity contribution is -0.383. The fourth-order valence-electron chi connectivity index (χ4n) is 3.05. The number of aryl methyl sites for hydroxylation is 1. The highest BCUT2D eigenvalue weighted by atomic mass is 35.5. The van der Waals surface area contributed by atoms with Gasteiger partial charge in [-0.15, -0.1) is 0 Å². The van der Waals surface area contributed by atoms with Gasteiger partial charge in [0.1, 0.15) is 16.8 Å². The van der Waals surface area contributed by atoms with E-state index in [0.717, 1.165) is 24.3 Å². The van der Waals surface area contributed by atoms with Crippen LogP contribution in [0.2, 0.25) is 5.02 Å². The second-order valence-electron chi connectivity index (χ2n) is 7.18. The fourth-order valence-corrected chi connectivity index (χ4v) is 4.21. The molecule has 3 rings (SSSR count). The van der Waals surface area contributed by atoms with Crippen LogP contribution in [0, 0.1) is 10.1 Å². The van der Waals surface area contributed by atoms with Crippen LogP contribution >= 0.6 is 19.6 Å². The highest BCUT2D eigenvalue weighted by molar-refractivity contribution is 7.48. The molecule has 0 saturated carbocycles. The van der Waals surface area contributed by atoms with Crippen LogP contribution in [0.1, 0.15) is 28.4 Å². The maximum Gasteiger partial charge on any atom is 0.416 e. The van der Waals surface area contributed by atoms with Crippen molar-refractivity contribution in [1.29, 1.82) is 0 Å². The summed E-state index contributed by atoms with van der Waals surface area (Å²) in [5.74, 6) is -0.901. The number of nitro benzene ring substituents is 1. The molecule has 0 fully saturated rings. The first kappa shape index (κ1) is 27.2. The van der Waals surface area contributed by atoms with Crippen LogP contribution in [-0.2, 0) is 26.4 Å². The molecule has 0 saturated heterocycles. The van der Waals surface area contributed by atoms with Crippen molar-refractivity contribution in [3.8, 4) is 11.5 Å². The Hall–Kier alpha value is -3.40. The van der Waals surface area contributed by atoms with Gasteiger partial charge in [-0.05, 0) is 36.8 Å². The summed E-state index contributed by atoms with van der Waals surface area (Å²) >= 11 is 5.95. The fraction of sp³-hybridized carbons (Fsp3) is 0.174. The van der Waals surface area contributed by atoms with E-state index in [2.05, 4.69) is 0 Å². The van der Waals surface area contributed by atoms with E-state index in [4.69, 9.17) is 25.6 Å². The van der Waals surface area contributed by atoms with Gasteiger partial charge in [-0.25, -0.2) is 4.79 Å². The Kier molecular flexibility index (Phi) is 8.73. The van der Waals surface area contributed by atoms with Crippen molar-refractivity contribution in [1.82, 2.24) is 0 Å². The van der Waals surface area contributed by atoms with Crippen molar-refractivity contribution >= 4 is 36.6 Å². The summed E-state index contributed by atoms with van der Waals surface area (Å²) in [6.07, 6.45) is -4.37. The number of halogens is 4. The van der Waals surface area contributed by atoms with Crippen LogP contribution in [0.15, 0.2) is 60.7 Å². The van der Waals surface area contributed by atoms with Crippen LogP contribution in [0.25, 0.3) is 0 Å². The zero-order valence-corrected chi connectivity index (χ0v) is 20.3. The van der Waals surface area contributed by atoms with Gasteiger partial charge in [0.25, 0.3) is 5.69 Å². The molecule has 0 heterocycles. The quantitative estimate of drug-likeness (QED) is 0.0990. The highest BCUT2D eigenvalue weighted by Crippen LogP contribution is 2.39. The SMILES string of the molecule is CCc1cc([N+](=O)[O-])c([PH](=O)OCOC(=O)c2ccccc2)cc1Oc1ccc(C(F)(F)F)cc1Cl. The van der Waals surface area contributed by atoms with E-state index in [0.29, 0.717) is 11.6 Å². The maximum atomic E-state index is 12.9. The van der Waals surface area contributed by atoms with Gasteiger partial charge in [-0.3, -0.25) is 19.2 Å². The number of carbonyl (C=O) groups excluding carboxylic acids is 1. The van der Waals surface area contributed by atoms with Crippen molar-refractivity contribution in [2.75, 3.05) is 6.79 Å². The summed E-state index contributed by atoms with van der Waals surface area (Å²) in [7, 11) is -3.32. The van der Waals surface area contributed by atoms with E-state index in [1.165, 1.54) is 12.1 Å². The maximum absolute atomic E-state index is 12.9. The largest absolute Gasteiger partial charge is 0.455 e. The van der Waals surface area contributed by atoms with Gasteiger partial charge < -0.3 is 9.47 Å². The molecule has 1 unspecified atom stereocenters. The number of ether oxygens (including phenoxy) is 2. The van der Waals surface area contributed by atoms with Crippen LogP contribution in [0.4, 0.5) is 18.9 Å². The average molecular weight is 544 g/mol. The number of benzene rings is 3. The Morgan fingerprint density at radius 3 is 2.36 bits per heavy atom. The molecular weight excluding hydrogens is 526 g/mol. The van der Waals surface area contributed by atoms with Gasteiger partial charge in [-0.2, -0.15) is 13.2 Å². The topological polar surface area (TPSA) is 105 Å². The molecule has 3 aromatic rings. The minimum absolute atomic E-state index is 0.0111. The second kappa shape index (κ2) is 11.6. The molecule has 0 aliphatic heterocycles. The first-order chi connectivity index (χ1) is 17.0. The van der Waals surface area contributed by atoms with E-state index in [1.54, 1.807) is 25.1 Å². The van der Waals surface area contributed by atoms with Gasteiger partial charge >= 0.3 is 12.1 Å². The Balaban J connectivity index is 1.85. The predicted octanol–water partition coefficient (Wildman–Crippen LogP) is 6.55. The molecule has 36 heavy (non-hydrogen) atoms. The van der Waals surface area contributed by atoms with Crippen LogP contribution in [0.5, 0.6) is 11.5 Å². The predicted molar refractivity (Wildman–Crippen MR) is 125 cm³/mol. The van der Waals surface area contributed by atoms with E-state index < -0.39 is 43.1 Å². The third-order valence-electron chi connectivity index (χ3n) is 4.84. The molecule has 3 aromatic carbocycles. The molecule has 0 aliphatic carbocycles. The standard InChI is InChI=1S/C23H18ClF3NO7P/c1-2-14-10-18(28(30)31)21(36(32)34-13-33-22(29)15-6-4-3-5-7-15)12-20(14)35-19-9-8-16(11-17(19)24)23(25,26)27/h3-12,36H,2,13H2,1H3. The monoisotopic (exact) mass is 543 g/mol. The first-order valence-corrected chi connectivity index (χ1v) is 12.0. The highest BCUT2D eigenvalue weighted by Gasteiger charge is 2.31. The molecule has 0 bridgehead atoms. The van der Waals surface area contributed by atoms with Crippen LogP contribution in [-0.4, -0.2) is 17.7 Å². The van der Waals surface area contributed by atoms with Crippen molar-refractivity contribution in [3.05, 3.63) is 92.5 Å². The second-order valence-corrected chi connectivity index (χ2v) is 8.99. The molecule has 0 amide bonds. The number of nitro groups is 1. The van der Waals surface area contributed by atoms with Gasteiger partial charge in [0.05, 0.1) is 21.1 Å². The summed E-state index contributed by atoms with van der Waals surface area (Å²) in [6.45, 7) is 0.932. The third-order valence-corrected chi connectivity index (χ3v) is 6.36. The Morgan fingerprint density at radius 2 is 1.78 bits per heavy atom. The molecule has 0 radical (unpaired) electrons. The van der Waals surface area contributed by atoms with Crippen molar-refractivity contribution < 1.29 is 41.5 Å². The number of hydrogen-bond acceptors (Lipinski definition) is 7. The van der Waals surface area contributed by atoms with Crippen molar-refractivity contribution in [2.45, 2.75) is 19.5 Å². The van der Waals surface area contributed by atoms with Gasteiger partial charge in [0.15, 0.2) is 6.79 Å². The van der Waals surface area contributed by atoms with Crippen molar-refractivity contribution in [3.63, 3.8) is 0 Å². The minimum atomic E-state index is -4.61. The Morgan fingerprint density at radius 1 is 1.08 bits per heavy atom. The first-order valence-electron chi connectivity index (χ1n) is 10.3. The summed E-state index contributed by atoms with van der Waals surface area (Å²) in [5.41, 5.74) is -0.964. The van der Waals surface area contributed by atoms with E-state index in [-0.39, 0.29) is 33.8 Å². The number of rotatable bonds is 9. The molecule has 0 spiro atoms. The minimum Gasteiger partial charge on any atom is -0.455 e. The number of hydrogen-bond donors (Lipinski definition) is 0. The molecule has 0 aliphatic rings. The van der Waals surface area contributed by atoms with Gasteiger partial charge in [-0.1, -0.05) is 36.7 Å². The number of esters is 1. The van der Waals surface area contributed by atoms with Gasteiger partial charge in [0.2, 0.25) is 8.03 Å². The lowest BCUT2D eigenvalue weighted by atomic mass is 10.1. The lowest BCUT2D eigenvalue weighted by Gasteiger charge is -2.15. The van der Waals surface area contributed by atoms with Crippen LogP contribution in [0.3, 0.4) is 0 Å². The summed E-state index contributed by atoms with van der Waals surface area (Å²) in [5, 5.41) is 10.9. The van der Waals surface area contributed by atoms with Crippen LogP contribution < -0.4 is 10.0 Å². The lowest BCUT2D eigenvalue weighted by Crippen LogP contribution is -2.11. The van der Waals surface area contributed by atoms with E-state index in [9.17, 15) is 32.6 Å². The molecule has 0 aromatic heterocycles. The molecule has 0 N–H and O–H groups in total. The molecule has 13 heteroatoms. The molecule has 190 valence electrons. The van der Waals surface area contributed by atoms with Gasteiger partial charge in [0, 0.05) is 17.7 Å². The van der Waals surface area contributed by atoms with E-state index >= 15 is 0 Å². The zero-order valence-electron chi connectivity index (χ0n) is 18.5. The summed E-state index contributed by atoms with van der Waals surface area (Å²) < 4.78 is 67.1. The smallest absolute Gasteiger partial charge is 0.416 e. The third kappa shape index (κ3) is 6.63. The summed E-state index contributed by atoms with van der Waals surface area (Å²) in [6, 6.07) is 12.6. The number of carbonyl (C=O) groups is 1. The van der Waals surface area contributed by atoms with Crippen molar-refractivity contribution in [2.24, 2.45) is 0 Å². The number of nitrogens with zero attached hydrogens (tertiary/aromatic N) is 1. The Bertz CT molecular complexity index is 1300. The normalized spacial score (nSPS) is 12.1. The molecule has 8 nitrogen and oxygen atoms in total. The average Bonchev–Trinajstić information content (AvgIpc) is 2.84. The molecule has 1 atom stereocenters. The molecular formula is C23H18ClF3NO7P. The van der Waals surface area contributed by atoms with E-state index in [1.807, 2.05) is 0 Å². The Labute approximate surface area is 208 Å². The zero-order chi connectivity index (χ0) is 26.5. The summed E-state index contributed by atoms with van der Waals surface area (Å²) in [4.78, 5) is 22.8. The number of alkyl halides is 3.